The van der Waals surface area contributed by atoms with Crippen molar-refractivity contribution >= 4 is 22.2 Å². The number of hydrogen-bond donors (Lipinski definition) is 2. The van der Waals surface area contributed by atoms with Crippen LogP contribution in [0.1, 0.15) is 10.6 Å². The molecule has 0 amide bonds. The molecule has 0 spiro atoms. The quantitative estimate of drug-likeness (QED) is 0.852. The number of thiazole rings is 1. The van der Waals surface area contributed by atoms with Crippen LogP contribution in [0.15, 0.2) is 24.5 Å². The molecule has 0 bridgehead atoms. The Labute approximate surface area is 98.0 Å². The molecule has 2 aromatic rings. The van der Waals surface area contributed by atoms with Crippen LogP contribution in [-0.4, -0.2) is 21.7 Å². The maximum absolute atomic E-state index is 8.89. The Kier molecular flexibility index (Phi) is 3.48. The summed E-state index contributed by atoms with van der Waals surface area (Å²) in [6.07, 6.45) is 4.15. The normalized spacial score (nSPS) is 10.4. The van der Waals surface area contributed by atoms with E-state index in [1.54, 1.807) is 23.7 Å². The fraction of sp³-hybridized carbons (Fsp3) is 0.273. The molecule has 0 saturated carbocycles. The topological polar surface area (TPSA) is 58.0 Å². The lowest BCUT2D eigenvalue weighted by atomic mass is 10.3. The number of nitrogens with one attached hydrogen (secondary N) is 1. The minimum absolute atomic E-state index is 0.162. The number of pyridine rings is 1. The van der Waals surface area contributed by atoms with Crippen LogP contribution in [0.2, 0.25) is 0 Å². The van der Waals surface area contributed by atoms with Gasteiger partial charge in [0.25, 0.3) is 0 Å². The van der Waals surface area contributed by atoms with Crippen molar-refractivity contribution < 1.29 is 5.11 Å². The Morgan fingerprint density at radius 2 is 2.38 bits per heavy atom. The van der Waals surface area contributed by atoms with Gasteiger partial charge in [-0.15, -0.1) is 11.3 Å². The highest BCUT2D eigenvalue weighted by atomic mass is 32.1. The molecule has 2 rings (SSSR count). The number of rotatable bonds is 4. The van der Waals surface area contributed by atoms with Crippen LogP contribution in [0, 0.1) is 6.92 Å². The van der Waals surface area contributed by atoms with Crippen molar-refractivity contribution in [1.29, 1.82) is 0 Å². The minimum Gasteiger partial charge on any atom is -0.396 e. The van der Waals surface area contributed by atoms with Gasteiger partial charge in [0.15, 0.2) is 5.13 Å². The van der Waals surface area contributed by atoms with Gasteiger partial charge in [-0.2, -0.15) is 0 Å². The third-order valence-corrected chi connectivity index (χ3v) is 3.28. The molecule has 0 atom stereocenters. The molecule has 0 aliphatic carbocycles. The van der Waals surface area contributed by atoms with E-state index >= 15 is 0 Å². The second-order valence-electron chi connectivity index (χ2n) is 3.37. The first kappa shape index (κ1) is 11.0. The van der Waals surface area contributed by atoms with Gasteiger partial charge in [-0.3, -0.25) is 4.98 Å². The predicted octanol–water partition coefficient (Wildman–Crippen LogP) is 2.12. The summed E-state index contributed by atoms with van der Waals surface area (Å²) >= 11 is 1.57. The van der Waals surface area contributed by atoms with E-state index in [4.69, 9.17) is 5.11 Å². The number of aryl methyl sites for hydroxylation is 1. The molecule has 2 N–H and O–H groups in total. The second-order valence-corrected chi connectivity index (χ2v) is 4.45. The van der Waals surface area contributed by atoms with E-state index in [9.17, 15) is 0 Å². The highest BCUT2D eigenvalue weighted by Crippen LogP contribution is 2.25. The van der Waals surface area contributed by atoms with E-state index < -0.39 is 0 Å². The van der Waals surface area contributed by atoms with Gasteiger partial charge >= 0.3 is 0 Å². The zero-order chi connectivity index (χ0) is 11.4. The maximum Gasteiger partial charge on any atom is 0.187 e. The Balaban J connectivity index is 2.13. The first-order chi connectivity index (χ1) is 7.79. The summed E-state index contributed by atoms with van der Waals surface area (Å²) in [5, 5.41) is 12.9. The standard InChI is InChI=1S/C11H13N3OS/c1-8-10(4-6-15)16-11(13-8)14-9-3-2-5-12-7-9/h2-3,5,7,15H,4,6H2,1H3,(H,13,14). The van der Waals surface area contributed by atoms with Gasteiger partial charge in [-0.1, -0.05) is 0 Å². The highest BCUT2D eigenvalue weighted by Gasteiger charge is 2.06. The van der Waals surface area contributed by atoms with Gasteiger partial charge in [0.2, 0.25) is 0 Å². The molecule has 0 aromatic carbocycles. The summed E-state index contributed by atoms with van der Waals surface area (Å²) < 4.78 is 0. The lowest BCUT2D eigenvalue weighted by Gasteiger charge is -1.99. The van der Waals surface area contributed by atoms with Gasteiger partial charge < -0.3 is 10.4 Å². The third-order valence-electron chi connectivity index (χ3n) is 2.14. The number of aliphatic hydroxyl groups excluding tert-OH is 1. The average molecular weight is 235 g/mol. The van der Waals surface area contributed by atoms with E-state index in [1.165, 1.54) is 0 Å². The molecular formula is C11H13N3OS. The Morgan fingerprint density at radius 1 is 1.50 bits per heavy atom. The molecule has 4 nitrogen and oxygen atoms in total. The Morgan fingerprint density at radius 3 is 3.06 bits per heavy atom. The first-order valence-electron chi connectivity index (χ1n) is 5.04. The van der Waals surface area contributed by atoms with Crippen LogP contribution in [0.25, 0.3) is 0 Å². The fourth-order valence-electron chi connectivity index (χ4n) is 1.38. The van der Waals surface area contributed by atoms with Crippen molar-refractivity contribution in [2.75, 3.05) is 11.9 Å². The first-order valence-corrected chi connectivity index (χ1v) is 5.85. The summed E-state index contributed by atoms with van der Waals surface area (Å²) in [6, 6.07) is 3.81. The number of hydrogen-bond acceptors (Lipinski definition) is 5. The maximum atomic E-state index is 8.89. The molecule has 0 aliphatic heterocycles. The third kappa shape index (κ3) is 2.56. The number of nitrogens with zero attached hydrogens (tertiary/aromatic N) is 2. The van der Waals surface area contributed by atoms with Gasteiger partial charge in [0.05, 0.1) is 17.6 Å². The molecule has 0 fully saturated rings. The summed E-state index contributed by atoms with van der Waals surface area (Å²) in [5.74, 6) is 0. The summed E-state index contributed by atoms with van der Waals surface area (Å²) in [4.78, 5) is 9.53. The van der Waals surface area contributed by atoms with Crippen LogP contribution in [-0.2, 0) is 6.42 Å². The van der Waals surface area contributed by atoms with Crippen molar-refractivity contribution in [2.24, 2.45) is 0 Å². The molecular weight excluding hydrogens is 222 g/mol. The number of aliphatic hydroxyl groups is 1. The minimum atomic E-state index is 0.162. The lowest BCUT2D eigenvalue weighted by molar-refractivity contribution is 0.300. The van der Waals surface area contributed by atoms with Crippen molar-refractivity contribution in [2.45, 2.75) is 13.3 Å². The monoisotopic (exact) mass is 235 g/mol. The molecule has 2 aromatic heterocycles. The van der Waals surface area contributed by atoms with Crippen molar-refractivity contribution in [1.82, 2.24) is 9.97 Å². The zero-order valence-corrected chi connectivity index (χ0v) is 9.79. The van der Waals surface area contributed by atoms with Gasteiger partial charge in [0, 0.05) is 24.1 Å². The molecule has 0 unspecified atom stereocenters. The smallest absolute Gasteiger partial charge is 0.187 e. The highest BCUT2D eigenvalue weighted by molar-refractivity contribution is 7.15. The van der Waals surface area contributed by atoms with Gasteiger partial charge in [-0.05, 0) is 19.1 Å². The van der Waals surface area contributed by atoms with Crippen molar-refractivity contribution in [3.63, 3.8) is 0 Å². The number of aromatic nitrogens is 2. The van der Waals surface area contributed by atoms with E-state index in [0.717, 1.165) is 21.4 Å². The second kappa shape index (κ2) is 5.05. The van der Waals surface area contributed by atoms with Crippen LogP contribution >= 0.6 is 11.3 Å². The van der Waals surface area contributed by atoms with E-state index in [-0.39, 0.29) is 6.61 Å². The molecule has 0 aliphatic rings. The lowest BCUT2D eigenvalue weighted by Crippen LogP contribution is -1.89. The largest absolute Gasteiger partial charge is 0.396 e. The van der Waals surface area contributed by atoms with E-state index in [2.05, 4.69) is 15.3 Å². The summed E-state index contributed by atoms with van der Waals surface area (Å²) in [5.41, 5.74) is 1.90. The van der Waals surface area contributed by atoms with Gasteiger partial charge in [-0.25, -0.2) is 4.98 Å². The molecule has 84 valence electrons. The van der Waals surface area contributed by atoms with Gasteiger partial charge in [0.1, 0.15) is 0 Å². The molecule has 16 heavy (non-hydrogen) atoms. The molecule has 2 heterocycles. The number of anilines is 2. The molecule has 0 radical (unpaired) electrons. The van der Waals surface area contributed by atoms with E-state index in [1.807, 2.05) is 19.1 Å². The average Bonchev–Trinajstić information content (AvgIpc) is 2.61. The van der Waals surface area contributed by atoms with Crippen molar-refractivity contribution in [3.05, 3.63) is 35.1 Å². The Hall–Kier alpha value is -1.46. The summed E-state index contributed by atoms with van der Waals surface area (Å²) in [6.45, 7) is 2.12. The van der Waals surface area contributed by atoms with Crippen molar-refractivity contribution in [3.8, 4) is 0 Å². The van der Waals surface area contributed by atoms with Crippen LogP contribution in [0.4, 0.5) is 10.8 Å². The predicted molar refractivity (Wildman–Crippen MR) is 65.2 cm³/mol. The SMILES string of the molecule is Cc1nc(Nc2cccnc2)sc1CCO. The molecule has 5 heteroatoms. The van der Waals surface area contributed by atoms with Crippen LogP contribution in [0.5, 0.6) is 0 Å². The van der Waals surface area contributed by atoms with E-state index in [0.29, 0.717) is 6.42 Å². The van der Waals surface area contributed by atoms with Crippen LogP contribution < -0.4 is 5.32 Å². The molecule has 0 saturated heterocycles. The van der Waals surface area contributed by atoms with Crippen LogP contribution in [0.3, 0.4) is 0 Å². The zero-order valence-electron chi connectivity index (χ0n) is 8.97. The fourth-order valence-corrected chi connectivity index (χ4v) is 2.35. The summed E-state index contributed by atoms with van der Waals surface area (Å²) in [7, 11) is 0. The Bertz CT molecular complexity index is 456.